The van der Waals surface area contributed by atoms with E-state index in [1.54, 1.807) is 0 Å². The maximum absolute atomic E-state index is 12.9. The first-order valence-corrected chi connectivity index (χ1v) is 5.08. The van der Waals surface area contributed by atoms with E-state index in [4.69, 9.17) is 0 Å². The summed E-state index contributed by atoms with van der Waals surface area (Å²) in [6, 6.07) is 1.97. The molecule has 0 aromatic heterocycles. The van der Waals surface area contributed by atoms with Crippen molar-refractivity contribution in [1.82, 2.24) is 0 Å². The van der Waals surface area contributed by atoms with Gasteiger partial charge in [-0.3, -0.25) is 14.9 Å². The van der Waals surface area contributed by atoms with E-state index in [0.29, 0.717) is 0 Å². The number of hydrogen-bond acceptors (Lipinski definition) is 3. The van der Waals surface area contributed by atoms with Gasteiger partial charge in [-0.05, 0) is 18.9 Å². The van der Waals surface area contributed by atoms with Gasteiger partial charge in [0.15, 0.2) is 5.78 Å². The van der Waals surface area contributed by atoms with Crippen LogP contribution in [0.1, 0.15) is 35.3 Å². The average Bonchev–Trinajstić information content (AvgIpc) is 2.25. The van der Waals surface area contributed by atoms with Crippen LogP contribution in [-0.2, 0) is 12.6 Å². The highest BCUT2D eigenvalue weighted by molar-refractivity contribution is 6.00. The zero-order valence-electron chi connectivity index (χ0n) is 9.67. The molecule has 0 aliphatic heterocycles. The van der Waals surface area contributed by atoms with E-state index in [0.717, 1.165) is 19.1 Å². The molecule has 0 saturated carbocycles. The third-order valence-electron chi connectivity index (χ3n) is 2.48. The molecule has 98 valence electrons. The van der Waals surface area contributed by atoms with Crippen molar-refractivity contribution in [2.45, 2.75) is 26.4 Å². The number of rotatable bonds is 3. The summed E-state index contributed by atoms with van der Waals surface area (Å²) in [6.45, 7) is 2.37. The molecule has 0 amide bonds. The second-order valence-electron chi connectivity index (χ2n) is 3.66. The molecule has 4 nitrogen and oxygen atoms in total. The van der Waals surface area contributed by atoms with E-state index in [1.807, 2.05) is 0 Å². The van der Waals surface area contributed by atoms with Crippen LogP contribution in [0.3, 0.4) is 0 Å². The maximum atomic E-state index is 12.9. The molecule has 0 saturated heterocycles. The highest BCUT2D eigenvalue weighted by Crippen LogP contribution is 2.38. The fraction of sp³-hybridized carbons (Fsp3) is 0.364. The van der Waals surface area contributed by atoms with Gasteiger partial charge in [0.05, 0.1) is 10.5 Å². The number of hydrogen-bond donors (Lipinski definition) is 0. The second-order valence-corrected chi connectivity index (χ2v) is 3.66. The lowest BCUT2D eigenvalue weighted by Crippen LogP contribution is -2.16. The number of carbonyl (C=O) groups excluding carboxylic acids is 1. The minimum Gasteiger partial charge on any atom is -0.294 e. The number of nitro groups is 1. The van der Waals surface area contributed by atoms with Crippen molar-refractivity contribution in [2.75, 3.05) is 0 Å². The van der Waals surface area contributed by atoms with Gasteiger partial charge in [-0.1, -0.05) is 13.0 Å². The van der Waals surface area contributed by atoms with E-state index in [9.17, 15) is 28.1 Å². The van der Waals surface area contributed by atoms with E-state index < -0.39 is 33.7 Å². The van der Waals surface area contributed by atoms with Crippen LogP contribution >= 0.6 is 0 Å². The maximum Gasteiger partial charge on any atom is 0.417 e. The van der Waals surface area contributed by atoms with Crippen LogP contribution in [0.5, 0.6) is 0 Å². The van der Waals surface area contributed by atoms with Crippen molar-refractivity contribution >= 4 is 11.5 Å². The van der Waals surface area contributed by atoms with Crippen LogP contribution in [0.4, 0.5) is 18.9 Å². The fourth-order valence-electron chi connectivity index (χ4n) is 1.76. The number of ketones is 1. The quantitative estimate of drug-likeness (QED) is 0.476. The number of nitrogens with zero attached hydrogens (tertiary/aromatic N) is 1. The molecule has 0 spiro atoms. The molecule has 0 aliphatic carbocycles. The molecular formula is C11H10F3NO3. The number of benzene rings is 1. The van der Waals surface area contributed by atoms with Gasteiger partial charge in [0.25, 0.3) is 5.69 Å². The molecule has 18 heavy (non-hydrogen) atoms. The Labute approximate surface area is 101 Å². The van der Waals surface area contributed by atoms with Gasteiger partial charge in [-0.25, -0.2) is 0 Å². The Morgan fingerprint density at radius 1 is 1.39 bits per heavy atom. The van der Waals surface area contributed by atoms with Crippen molar-refractivity contribution in [3.05, 3.63) is 38.9 Å². The third-order valence-corrected chi connectivity index (χ3v) is 2.48. The first-order valence-electron chi connectivity index (χ1n) is 5.08. The Bertz CT molecular complexity index is 509. The standard InChI is InChI=1S/C11H10F3NO3/c1-3-7-4-5-8(15(17)18)9(6(2)16)10(7)11(12,13)14/h4-5H,3H2,1-2H3. The summed E-state index contributed by atoms with van der Waals surface area (Å²) in [5.74, 6) is -0.968. The molecule has 1 aromatic rings. The molecule has 1 aromatic carbocycles. The number of aryl methyl sites for hydroxylation is 1. The Morgan fingerprint density at radius 3 is 2.28 bits per heavy atom. The minimum atomic E-state index is -4.79. The summed E-state index contributed by atoms with van der Waals surface area (Å²) in [5.41, 5.74) is -3.01. The van der Waals surface area contributed by atoms with E-state index >= 15 is 0 Å². The van der Waals surface area contributed by atoms with Gasteiger partial charge in [0.2, 0.25) is 0 Å². The Morgan fingerprint density at radius 2 is 1.94 bits per heavy atom. The molecule has 0 atom stereocenters. The Hall–Kier alpha value is -1.92. The summed E-state index contributed by atoms with van der Waals surface area (Å²) >= 11 is 0. The summed E-state index contributed by atoms with van der Waals surface area (Å²) in [7, 11) is 0. The van der Waals surface area contributed by atoms with Gasteiger partial charge in [-0.15, -0.1) is 0 Å². The van der Waals surface area contributed by atoms with Gasteiger partial charge in [-0.2, -0.15) is 13.2 Å². The third kappa shape index (κ3) is 2.49. The lowest BCUT2D eigenvalue weighted by atomic mass is 9.95. The zero-order valence-corrected chi connectivity index (χ0v) is 9.67. The summed E-state index contributed by atoms with van der Waals surface area (Å²) in [5, 5.41) is 10.7. The summed E-state index contributed by atoms with van der Waals surface area (Å²) in [4.78, 5) is 21.0. The van der Waals surface area contributed by atoms with Crippen LogP contribution in [0.25, 0.3) is 0 Å². The predicted molar refractivity (Wildman–Crippen MR) is 57.5 cm³/mol. The van der Waals surface area contributed by atoms with E-state index in [2.05, 4.69) is 0 Å². The fourth-order valence-corrected chi connectivity index (χ4v) is 1.76. The first kappa shape index (κ1) is 14.1. The molecule has 0 heterocycles. The Kier molecular flexibility index (Phi) is 3.73. The number of alkyl halides is 3. The topological polar surface area (TPSA) is 60.2 Å². The van der Waals surface area contributed by atoms with Crippen molar-refractivity contribution < 1.29 is 22.9 Å². The monoisotopic (exact) mass is 261 g/mol. The van der Waals surface area contributed by atoms with Crippen molar-refractivity contribution in [2.24, 2.45) is 0 Å². The van der Waals surface area contributed by atoms with E-state index in [1.165, 1.54) is 6.92 Å². The smallest absolute Gasteiger partial charge is 0.294 e. The predicted octanol–water partition coefficient (Wildman–Crippen LogP) is 3.38. The lowest BCUT2D eigenvalue weighted by Gasteiger charge is -2.15. The number of carbonyl (C=O) groups is 1. The molecule has 0 bridgehead atoms. The molecule has 0 unspecified atom stereocenters. The molecule has 0 aliphatic rings. The van der Waals surface area contributed by atoms with E-state index in [-0.39, 0.29) is 12.0 Å². The van der Waals surface area contributed by atoms with Gasteiger partial charge >= 0.3 is 6.18 Å². The lowest BCUT2D eigenvalue weighted by molar-refractivity contribution is -0.385. The number of nitro benzene ring substituents is 1. The summed E-state index contributed by atoms with van der Waals surface area (Å²) < 4.78 is 38.8. The molecule has 0 N–H and O–H groups in total. The Balaban J connectivity index is 3.76. The molecule has 7 heteroatoms. The zero-order chi connectivity index (χ0) is 14.1. The highest BCUT2D eigenvalue weighted by atomic mass is 19.4. The van der Waals surface area contributed by atoms with Crippen molar-refractivity contribution in [3.8, 4) is 0 Å². The molecule has 0 fully saturated rings. The highest BCUT2D eigenvalue weighted by Gasteiger charge is 2.40. The van der Waals surface area contributed by atoms with Crippen LogP contribution in [0.2, 0.25) is 0 Å². The SMILES string of the molecule is CCc1ccc([N+](=O)[O-])c(C(C)=O)c1C(F)(F)F. The van der Waals surface area contributed by atoms with Crippen LogP contribution in [-0.4, -0.2) is 10.7 Å². The molecular weight excluding hydrogens is 251 g/mol. The van der Waals surface area contributed by atoms with Crippen molar-refractivity contribution in [3.63, 3.8) is 0 Å². The second kappa shape index (κ2) is 4.75. The summed E-state index contributed by atoms with van der Waals surface area (Å²) in [6.07, 6.45) is -4.76. The van der Waals surface area contributed by atoms with Gasteiger partial charge < -0.3 is 0 Å². The number of halogens is 3. The average molecular weight is 261 g/mol. The molecule has 1 rings (SSSR count). The first-order chi connectivity index (χ1) is 8.20. The minimum absolute atomic E-state index is 0.0348. The number of Topliss-reactive ketones (excluding diaryl/α,β-unsaturated/α-hetero) is 1. The van der Waals surface area contributed by atoms with Crippen LogP contribution in [0.15, 0.2) is 12.1 Å². The van der Waals surface area contributed by atoms with Crippen molar-refractivity contribution in [1.29, 1.82) is 0 Å². The normalized spacial score (nSPS) is 11.4. The van der Waals surface area contributed by atoms with Crippen LogP contribution in [0, 0.1) is 10.1 Å². The van der Waals surface area contributed by atoms with Gasteiger partial charge in [0, 0.05) is 6.07 Å². The van der Waals surface area contributed by atoms with Crippen LogP contribution < -0.4 is 0 Å². The largest absolute Gasteiger partial charge is 0.417 e. The van der Waals surface area contributed by atoms with Gasteiger partial charge in [0.1, 0.15) is 5.56 Å². The molecule has 0 radical (unpaired) electrons.